The fourth-order valence-corrected chi connectivity index (χ4v) is 2.12. The Kier molecular flexibility index (Phi) is 17.5. The summed E-state index contributed by atoms with van der Waals surface area (Å²) in [6.07, 6.45) is 24.2. The van der Waals surface area contributed by atoms with Gasteiger partial charge in [-0.3, -0.25) is 10.1 Å². The van der Waals surface area contributed by atoms with Gasteiger partial charge in [-0.05, 0) is 38.5 Å². The van der Waals surface area contributed by atoms with E-state index in [4.69, 9.17) is 5.26 Å². The van der Waals surface area contributed by atoms with Crippen molar-refractivity contribution in [3.05, 3.63) is 48.6 Å². The van der Waals surface area contributed by atoms with Crippen LogP contribution >= 0.6 is 0 Å². The third kappa shape index (κ3) is 17.0. The molecule has 1 atom stereocenters. The highest BCUT2D eigenvalue weighted by Crippen LogP contribution is 2.04. The third-order valence-electron chi connectivity index (χ3n) is 3.64. The van der Waals surface area contributed by atoms with Gasteiger partial charge in [0.1, 0.15) is 6.10 Å². The van der Waals surface area contributed by atoms with E-state index in [0.717, 1.165) is 25.7 Å². The Hall–Kier alpha value is -1.65. The molecule has 0 aromatic heterocycles. The average Bonchev–Trinajstić information content (AvgIpc) is 2.63. The molecule has 0 spiro atoms. The number of carbonyl (C=O) groups excluding carboxylic acids is 1. The van der Waals surface area contributed by atoms with Crippen molar-refractivity contribution in [3.63, 3.8) is 0 Å². The van der Waals surface area contributed by atoms with E-state index in [0.29, 0.717) is 12.8 Å². The molecule has 0 amide bonds. The summed E-state index contributed by atoms with van der Waals surface area (Å²) in [5, 5.41) is 8.89. The van der Waals surface area contributed by atoms with E-state index in [-0.39, 0.29) is 12.1 Å². The molecule has 1 N–H and O–H groups in total. The second-order valence-corrected chi connectivity index (χ2v) is 5.84. The van der Waals surface area contributed by atoms with Gasteiger partial charge in [-0.15, -0.1) is 0 Å². The minimum atomic E-state index is -0.305. The quantitative estimate of drug-likeness (QED) is 0.102. The maximum atomic E-state index is 10.9. The van der Waals surface area contributed by atoms with Crippen LogP contribution in [0.5, 0.6) is 0 Å². The Morgan fingerprint density at radius 1 is 1.00 bits per heavy atom. The summed E-state index contributed by atoms with van der Waals surface area (Å²) in [6, 6.07) is 0. The van der Waals surface area contributed by atoms with Crippen molar-refractivity contribution < 1.29 is 19.7 Å². The van der Waals surface area contributed by atoms with E-state index in [2.05, 4.69) is 40.9 Å². The molecule has 142 valence electrons. The zero-order chi connectivity index (χ0) is 18.6. The molecule has 0 aliphatic carbocycles. The largest absolute Gasteiger partial charge is 0.469 e. The van der Waals surface area contributed by atoms with Crippen LogP contribution in [0.3, 0.4) is 0 Å². The molecule has 0 saturated heterocycles. The predicted octanol–water partition coefficient (Wildman–Crippen LogP) is 5.77. The molecule has 0 bridgehead atoms. The topological polar surface area (TPSA) is 55.8 Å². The fraction of sp³-hybridized carbons (Fsp3) is 0.571. The number of rotatable bonds is 15. The summed E-state index contributed by atoms with van der Waals surface area (Å²) in [5.41, 5.74) is 0. The smallest absolute Gasteiger partial charge is 0.305 e. The molecule has 0 aliphatic heterocycles. The Bertz CT molecular complexity index is 422. The highest BCUT2D eigenvalue weighted by atomic mass is 17.1. The minimum absolute atomic E-state index is 0.158. The normalized spacial score (nSPS) is 13.6. The van der Waals surface area contributed by atoms with Gasteiger partial charge in [0.05, 0.1) is 7.11 Å². The van der Waals surface area contributed by atoms with Crippen molar-refractivity contribution in [2.75, 3.05) is 7.11 Å². The monoisotopic (exact) mass is 350 g/mol. The second-order valence-electron chi connectivity index (χ2n) is 5.84. The van der Waals surface area contributed by atoms with Crippen molar-refractivity contribution >= 4 is 5.97 Å². The molecule has 25 heavy (non-hydrogen) atoms. The Morgan fingerprint density at radius 2 is 1.76 bits per heavy atom. The number of unbranched alkanes of at least 4 members (excludes halogenated alkanes) is 4. The van der Waals surface area contributed by atoms with Gasteiger partial charge in [0, 0.05) is 6.42 Å². The van der Waals surface area contributed by atoms with Crippen LogP contribution in [0.15, 0.2) is 48.6 Å². The molecule has 0 fully saturated rings. The summed E-state index contributed by atoms with van der Waals surface area (Å²) in [4.78, 5) is 15.4. The van der Waals surface area contributed by atoms with Crippen molar-refractivity contribution in [1.29, 1.82) is 0 Å². The van der Waals surface area contributed by atoms with Crippen LogP contribution in [0.1, 0.15) is 64.7 Å². The molecule has 0 aliphatic rings. The van der Waals surface area contributed by atoms with Gasteiger partial charge in [-0.2, -0.15) is 0 Å². The van der Waals surface area contributed by atoms with Crippen LogP contribution < -0.4 is 0 Å². The zero-order valence-corrected chi connectivity index (χ0v) is 15.7. The van der Waals surface area contributed by atoms with Gasteiger partial charge in [-0.25, -0.2) is 4.89 Å². The lowest BCUT2D eigenvalue weighted by Gasteiger charge is -2.04. The van der Waals surface area contributed by atoms with Crippen LogP contribution in [0, 0.1) is 0 Å². The molecule has 0 rings (SSSR count). The molecule has 0 saturated carbocycles. The Balaban J connectivity index is 3.79. The standard InChI is InChI=1S/C21H34O4/c1-3-4-5-6-11-14-17-20(25-23)18-15-12-9-7-8-10-13-16-19-21(22)24-2/h8-12,14-15,18,20,23H,3-7,13,16-17,19H2,1-2H3/b10-8-,12-9-,14-11-,18-15+/t20-/m1/s1. The summed E-state index contributed by atoms with van der Waals surface area (Å²) < 4.78 is 4.58. The highest BCUT2D eigenvalue weighted by molar-refractivity contribution is 5.69. The van der Waals surface area contributed by atoms with E-state index >= 15 is 0 Å². The number of allylic oxidation sites excluding steroid dienone is 6. The molecular weight excluding hydrogens is 316 g/mol. The summed E-state index contributed by atoms with van der Waals surface area (Å²) >= 11 is 0. The van der Waals surface area contributed by atoms with Crippen molar-refractivity contribution in [2.45, 2.75) is 70.8 Å². The molecule has 0 unspecified atom stereocenters. The molecule has 0 aromatic carbocycles. The first-order chi connectivity index (χ1) is 12.2. The van der Waals surface area contributed by atoms with Crippen molar-refractivity contribution in [3.8, 4) is 0 Å². The number of methoxy groups -OCH3 is 1. The minimum Gasteiger partial charge on any atom is -0.469 e. The van der Waals surface area contributed by atoms with Crippen LogP contribution in [0.4, 0.5) is 0 Å². The molecule has 0 aromatic rings. The maximum Gasteiger partial charge on any atom is 0.305 e. The maximum absolute atomic E-state index is 10.9. The number of carbonyl (C=O) groups is 1. The lowest BCUT2D eigenvalue weighted by molar-refractivity contribution is -0.264. The van der Waals surface area contributed by atoms with Crippen molar-refractivity contribution in [2.24, 2.45) is 0 Å². The first kappa shape index (κ1) is 23.4. The third-order valence-corrected chi connectivity index (χ3v) is 3.64. The van der Waals surface area contributed by atoms with Gasteiger partial charge in [-0.1, -0.05) is 68.4 Å². The molecule has 0 heterocycles. The first-order valence-corrected chi connectivity index (χ1v) is 9.24. The summed E-state index contributed by atoms with van der Waals surface area (Å²) in [5.74, 6) is -0.158. The lowest BCUT2D eigenvalue weighted by atomic mass is 10.1. The molecular formula is C21H34O4. The number of ether oxygens (including phenoxy) is 1. The Morgan fingerprint density at radius 3 is 2.48 bits per heavy atom. The fourth-order valence-electron chi connectivity index (χ4n) is 2.12. The Labute approximate surface area is 152 Å². The first-order valence-electron chi connectivity index (χ1n) is 9.24. The van der Waals surface area contributed by atoms with E-state index in [1.807, 2.05) is 24.3 Å². The average molecular weight is 350 g/mol. The number of hydrogen-bond acceptors (Lipinski definition) is 4. The predicted molar refractivity (Wildman–Crippen MR) is 103 cm³/mol. The van der Waals surface area contributed by atoms with Gasteiger partial charge in [0.2, 0.25) is 0 Å². The lowest BCUT2D eigenvalue weighted by Crippen LogP contribution is -2.04. The number of esters is 1. The molecule has 4 heteroatoms. The van der Waals surface area contributed by atoms with E-state index < -0.39 is 0 Å². The summed E-state index contributed by atoms with van der Waals surface area (Å²) in [6.45, 7) is 2.19. The van der Waals surface area contributed by atoms with Gasteiger partial charge in [0.25, 0.3) is 0 Å². The van der Waals surface area contributed by atoms with Crippen LogP contribution in [0.2, 0.25) is 0 Å². The number of hydrogen-bond donors (Lipinski definition) is 1. The second kappa shape index (κ2) is 18.7. The van der Waals surface area contributed by atoms with E-state index in [9.17, 15) is 4.79 Å². The molecule has 4 nitrogen and oxygen atoms in total. The van der Waals surface area contributed by atoms with Gasteiger partial charge < -0.3 is 4.74 Å². The highest BCUT2D eigenvalue weighted by Gasteiger charge is 2.00. The van der Waals surface area contributed by atoms with Crippen LogP contribution in [-0.2, 0) is 14.4 Å². The SMILES string of the molecule is CCCCC/C=C\C[C@H](/C=C/C=C\C/C=C\CCCC(=O)OC)OO. The van der Waals surface area contributed by atoms with Crippen LogP contribution in [0.25, 0.3) is 0 Å². The van der Waals surface area contributed by atoms with Crippen LogP contribution in [-0.4, -0.2) is 24.4 Å². The zero-order valence-electron chi connectivity index (χ0n) is 15.7. The van der Waals surface area contributed by atoms with Gasteiger partial charge >= 0.3 is 5.97 Å². The van der Waals surface area contributed by atoms with E-state index in [1.54, 1.807) is 0 Å². The van der Waals surface area contributed by atoms with Crippen molar-refractivity contribution in [1.82, 2.24) is 0 Å². The van der Waals surface area contributed by atoms with E-state index in [1.165, 1.54) is 26.4 Å². The van der Waals surface area contributed by atoms with Gasteiger partial charge in [0.15, 0.2) is 0 Å². The molecule has 0 radical (unpaired) electrons. The summed E-state index contributed by atoms with van der Waals surface area (Å²) in [7, 11) is 1.41.